The van der Waals surface area contributed by atoms with Gasteiger partial charge in [0.15, 0.2) is 5.96 Å². The van der Waals surface area contributed by atoms with Crippen molar-refractivity contribution in [3.8, 4) is 11.4 Å². The van der Waals surface area contributed by atoms with Gasteiger partial charge in [0.2, 0.25) is 11.7 Å². The van der Waals surface area contributed by atoms with E-state index in [1.165, 1.54) is 0 Å². The monoisotopic (exact) mass is 285 g/mol. The second kappa shape index (κ2) is 5.95. The third kappa shape index (κ3) is 3.21. The Bertz CT molecular complexity index is 622. The van der Waals surface area contributed by atoms with Gasteiger partial charge in [0, 0.05) is 18.2 Å². The molecule has 0 fully saturated rings. The standard InChI is InChI=1S/C15H19N5O/c1-10(8-16-15-17-9-11(2)18-15)14-19-13(20-21-14)12-6-4-3-5-7-12/h3-7,10-11H,8-9H2,1-2H3,(H2,16,17,18). The number of aliphatic imine (C=N–C) groups is 1. The van der Waals surface area contributed by atoms with Crippen LogP contribution in [0.4, 0.5) is 0 Å². The van der Waals surface area contributed by atoms with Gasteiger partial charge in [-0.25, -0.2) is 0 Å². The Labute approximate surface area is 123 Å². The highest BCUT2D eigenvalue weighted by atomic mass is 16.5. The first-order chi connectivity index (χ1) is 10.2. The van der Waals surface area contributed by atoms with Gasteiger partial charge in [0.1, 0.15) is 0 Å². The summed E-state index contributed by atoms with van der Waals surface area (Å²) < 4.78 is 5.36. The lowest BCUT2D eigenvalue weighted by Crippen LogP contribution is -2.39. The number of nitrogens with zero attached hydrogens (tertiary/aromatic N) is 3. The normalized spacial score (nSPS) is 19.0. The number of guanidine groups is 1. The Balaban J connectivity index is 1.61. The number of benzene rings is 1. The van der Waals surface area contributed by atoms with Crippen LogP contribution < -0.4 is 10.6 Å². The van der Waals surface area contributed by atoms with E-state index in [2.05, 4.69) is 32.7 Å². The summed E-state index contributed by atoms with van der Waals surface area (Å²) in [6.45, 7) is 5.67. The van der Waals surface area contributed by atoms with Crippen molar-refractivity contribution in [2.45, 2.75) is 25.8 Å². The molecule has 0 bridgehead atoms. The van der Waals surface area contributed by atoms with Gasteiger partial charge < -0.3 is 15.2 Å². The van der Waals surface area contributed by atoms with Gasteiger partial charge in [0.05, 0.1) is 12.5 Å². The number of nitrogens with one attached hydrogen (secondary N) is 2. The molecule has 2 N–H and O–H groups in total. The fourth-order valence-corrected chi connectivity index (χ4v) is 2.14. The predicted molar refractivity (Wildman–Crippen MR) is 81.1 cm³/mol. The minimum Gasteiger partial charge on any atom is -0.356 e. The maximum atomic E-state index is 5.36. The van der Waals surface area contributed by atoms with Crippen molar-refractivity contribution in [2.75, 3.05) is 13.1 Å². The van der Waals surface area contributed by atoms with Gasteiger partial charge in [-0.05, 0) is 6.92 Å². The molecule has 110 valence electrons. The zero-order valence-corrected chi connectivity index (χ0v) is 12.2. The van der Waals surface area contributed by atoms with Crippen molar-refractivity contribution in [1.29, 1.82) is 0 Å². The van der Waals surface area contributed by atoms with E-state index in [9.17, 15) is 0 Å². The van der Waals surface area contributed by atoms with Crippen LogP contribution in [0.15, 0.2) is 39.8 Å². The van der Waals surface area contributed by atoms with Crippen LogP contribution in [0, 0.1) is 0 Å². The van der Waals surface area contributed by atoms with Crippen molar-refractivity contribution in [2.24, 2.45) is 4.99 Å². The summed E-state index contributed by atoms with van der Waals surface area (Å²) in [4.78, 5) is 8.83. The van der Waals surface area contributed by atoms with Gasteiger partial charge in [-0.1, -0.05) is 42.4 Å². The average Bonchev–Trinajstić information content (AvgIpc) is 3.15. The van der Waals surface area contributed by atoms with Crippen LogP contribution in [0.25, 0.3) is 11.4 Å². The fraction of sp³-hybridized carbons (Fsp3) is 0.400. The lowest BCUT2D eigenvalue weighted by Gasteiger charge is -2.11. The van der Waals surface area contributed by atoms with E-state index in [4.69, 9.17) is 4.52 Å². The van der Waals surface area contributed by atoms with Crippen molar-refractivity contribution >= 4 is 5.96 Å². The summed E-state index contributed by atoms with van der Waals surface area (Å²) in [5, 5.41) is 10.6. The molecule has 2 unspecified atom stereocenters. The van der Waals surface area contributed by atoms with Crippen molar-refractivity contribution in [1.82, 2.24) is 20.8 Å². The van der Waals surface area contributed by atoms with Crippen molar-refractivity contribution in [3.05, 3.63) is 36.2 Å². The molecule has 6 nitrogen and oxygen atoms in total. The molecular formula is C15H19N5O. The molecule has 0 aliphatic carbocycles. The second-order valence-electron chi connectivity index (χ2n) is 5.34. The van der Waals surface area contributed by atoms with E-state index in [1.807, 2.05) is 37.3 Å². The maximum Gasteiger partial charge on any atom is 0.231 e. The molecule has 1 aliphatic heterocycles. The minimum atomic E-state index is 0.121. The fourth-order valence-electron chi connectivity index (χ4n) is 2.14. The first-order valence-electron chi connectivity index (χ1n) is 7.16. The summed E-state index contributed by atoms with van der Waals surface area (Å²) in [5.74, 6) is 2.22. The molecule has 0 radical (unpaired) electrons. The molecule has 0 amide bonds. The highest BCUT2D eigenvalue weighted by Gasteiger charge is 2.17. The van der Waals surface area contributed by atoms with E-state index in [0.29, 0.717) is 24.3 Å². The quantitative estimate of drug-likeness (QED) is 0.895. The van der Waals surface area contributed by atoms with Gasteiger partial charge in [-0.2, -0.15) is 4.98 Å². The number of rotatable bonds is 4. The second-order valence-corrected chi connectivity index (χ2v) is 5.34. The zero-order chi connectivity index (χ0) is 14.7. The van der Waals surface area contributed by atoms with Crippen LogP contribution in [0.5, 0.6) is 0 Å². The molecule has 2 heterocycles. The van der Waals surface area contributed by atoms with Crippen LogP contribution in [-0.2, 0) is 0 Å². The smallest absolute Gasteiger partial charge is 0.231 e. The molecule has 1 aromatic carbocycles. The van der Waals surface area contributed by atoms with E-state index in [-0.39, 0.29) is 5.92 Å². The molecule has 21 heavy (non-hydrogen) atoms. The van der Waals surface area contributed by atoms with E-state index >= 15 is 0 Å². The number of hydrogen-bond acceptors (Lipinski definition) is 6. The van der Waals surface area contributed by atoms with Crippen molar-refractivity contribution in [3.63, 3.8) is 0 Å². The highest BCUT2D eigenvalue weighted by molar-refractivity contribution is 5.81. The molecule has 1 aliphatic rings. The first kappa shape index (κ1) is 13.6. The molecule has 0 saturated carbocycles. The van der Waals surface area contributed by atoms with Crippen LogP contribution in [0.2, 0.25) is 0 Å². The largest absolute Gasteiger partial charge is 0.356 e. The van der Waals surface area contributed by atoms with E-state index < -0.39 is 0 Å². The Morgan fingerprint density at radius 1 is 1.38 bits per heavy atom. The third-order valence-electron chi connectivity index (χ3n) is 3.38. The molecular weight excluding hydrogens is 266 g/mol. The van der Waals surface area contributed by atoms with Crippen LogP contribution in [-0.4, -0.2) is 35.2 Å². The zero-order valence-electron chi connectivity index (χ0n) is 12.2. The van der Waals surface area contributed by atoms with Gasteiger partial charge in [-0.3, -0.25) is 4.99 Å². The lowest BCUT2D eigenvalue weighted by molar-refractivity contribution is 0.358. The summed E-state index contributed by atoms with van der Waals surface area (Å²) in [6, 6.07) is 10.2. The molecule has 6 heteroatoms. The summed E-state index contributed by atoms with van der Waals surface area (Å²) in [7, 11) is 0. The average molecular weight is 285 g/mol. The molecule has 3 rings (SSSR count). The van der Waals surface area contributed by atoms with Crippen LogP contribution >= 0.6 is 0 Å². The lowest BCUT2D eigenvalue weighted by atomic mass is 10.2. The number of hydrogen-bond donors (Lipinski definition) is 2. The number of aromatic nitrogens is 2. The van der Waals surface area contributed by atoms with Gasteiger partial charge in [0.25, 0.3) is 0 Å². The summed E-state index contributed by atoms with van der Waals surface area (Å²) in [6.07, 6.45) is 0. The summed E-state index contributed by atoms with van der Waals surface area (Å²) in [5.41, 5.74) is 0.961. The Hall–Kier alpha value is -2.37. The Morgan fingerprint density at radius 3 is 2.90 bits per heavy atom. The van der Waals surface area contributed by atoms with Crippen molar-refractivity contribution < 1.29 is 4.52 Å². The van der Waals surface area contributed by atoms with E-state index in [0.717, 1.165) is 18.1 Å². The van der Waals surface area contributed by atoms with E-state index in [1.54, 1.807) is 0 Å². The Kier molecular flexibility index (Phi) is 3.85. The predicted octanol–water partition coefficient (Wildman–Crippen LogP) is 1.78. The SMILES string of the molecule is CC1CN=C(NCC(C)c2nc(-c3ccccc3)no2)N1. The third-order valence-corrected chi connectivity index (χ3v) is 3.38. The topological polar surface area (TPSA) is 75.3 Å². The van der Waals surface area contributed by atoms with Crippen LogP contribution in [0.3, 0.4) is 0 Å². The van der Waals surface area contributed by atoms with Gasteiger partial charge >= 0.3 is 0 Å². The first-order valence-corrected chi connectivity index (χ1v) is 7.16. The molecule has 0 spiro atoms. The molecule has 0 saturated heterocycles. The van der Waals surface area contributed by atoms with Crippen LogP contribution in [0.1, 0.15) is 25.7 Å². The summed E-state index contributed by atoms with van der Waals surface area (Å²) >= 11 is 0. The molecule has 2 aromatic rings. The maximum absolute atomic E-state index is 5.36. The highest BCUT2D eigenvalue weighted by Crippen LogP contribution is 2.18. The minimum absolute atomic E-state index is 0.121. The molecule has 2 atom stereocenters. The van der Waals surface area contributed by atoms with Gasteiger partial charge in [-0.15, -0.1) is 0 Å². The molecule has 1 aromatic heterocycles. The Morgan fingerprint density at radius 2 is 2.19 bits per heavy atom.